The molecule has 0 aliphatic heterocycles. The number of aryl methyl sites for hydroxylation is 1. The third-order valence-corrected chi connectivity index (χ3v) is 5.27. The van der Waals surface area contributed by atoms with E-state index in [1.54, 1.807) is 0 Å². The largest absolute Gasteiger partial charge is 0.422 e. The minimum atomic E-state index is -0.366. The summed E-state index contributed by atoms with van der Waals surface area (Å²) in [5, 5.41) is 0.923. The first kappa shape index (κ1) is 19.7. The Kier molecular flexibility index (Phi) is 5.88. The molecule has 0 amide bonds. The number of fused-ring (bicyclic) bond motifs is 1. The number of rotatable bonds is 6. The molecule has 1 aromatic heterocycles. The predicted octanol–water partition coefficient (Wildman–Crippen LogP) is 3.25. The average Bonchev–Trinajstić information content (AvgIpc) is 2.89. The van der Waals surface area contributed by atoms with E-state index in [-0.39, 0.29) is 5.63 Å². The van der Waals surface area contributed by atoms with Crippen LogP contribution in [0.25, 0.3) is 17.8 Å². The van der Waals surface area contributed by atoms with Gasteiger partial charge in [0.1, 0.15) is 5.42 Å². The second kappa shape index (κ2) is 8.34. The van der Waals surface area contributed by atoms with E-state index in [1.807, 2.05) is 55.3 Å². The van der Waals surface area contributed by atoms with Crippen LogP contribution in [0.3, 0.4) is 0 Å². The number of hydrogen-bond donors (Lipinski definition) is 0. The van der Waals surface area contributed by atoms with Crippen molar-refractivity contribution < 1.29 is 4.42 Å². The quantitative estimate of drug-likeness (QED) is 0.776. The maximum atomic E-state index is 12.8. The molecule has 1 aliphatic rings. The standard InChI is InChI=1S/C24H28N2O2/c1-6-26(7-2)20-13-10-12-19-15-21(24(27)28-23(19)16-20)18(4)25(5)22-14-9-8-11-17(22)3/h8-9,11-16H,4,6-7,10H2,1-3,5H3. The lowest BCUT2D eigenvalue weighted by molar-refractivity contribution is 0.396. The Bertz CT molecular complexity index is 1090. The molecule has 2 aromatic rings. The van der Waals surface area contributed by atoms with Crippen molar-refractivity contribution in [1.29, 1.82) is 0 Å². The van der Waals surface area contributed by atoms with E-state index >= 15 is 0 Å². The molecule has 4 nitrogen and oxygen atoms in total. The minimum absolute atomic E-state index is 0.366. The third-order valence-electron chi connectivity index (χ3n) is 5.27. The summed E-state index contributed by atoms with van der Waals surface area (Å²) in [5.41, 5.74) is 4.58. The summed E-state index contributed by atoms with van der Waals surface area (Å²) >= 11 is 0. The van der Waals surface area contributed by atoms with E-state index in [0.717, 1.165) is 41.7 Å². The fourth-order valence-electron chi connectivity index (χ4n) is 3.55. The van der Waals surface area contributed by atoms with Crippen molar-refractivity contribution in [2.24, 2.45) is 0 Å². The topological polar surface area (TPSA) is 36.7 Å². The normalized spacial score (nSPS) is 12.8. The average molecular weight is 377 g/mol. The van der Waals surface area contributed by atoms with Crippen molar-refractivity contribution in [3.8, 4) is 0 Å². The predicted molar refractivity (Wildman–Crippen MR) is 117 cm³/mol. The van der Waals surface area contributed by atoms with Gasteiger partial charge in [-0.1, -0.05) is 36.9 Å². The van der Waals surface area contributed by atoms with E-state index in [9.17, 15) is 4.79 Å². The van der Waals surface area contributed by atoms with Gasteiger partial charge in [0.25, 0.3) is 0 Å². The van der Waals surface area contributed by atoms with Crippen LogP contribution in [0.4, 0.5) is 5.69 Å². The number of nitrogens with zero attached hydrogens (tertiary/aromatic N) is 2. The van der Waals surface area contributed by atoms with Crippen molar-refractivity contribution >= 4 is 23.5 Å². The Labute approximate surface area is 166 Å². The summed E-state index contributed by atoms with van der Waals surface area (Å²) in [6.45, 7) is 12.3. The van der Waals surface area contributed by atoms with Gasteiger partial charge in [0.05, 0.1) is 5.56 Å². The highest BCUT2D eigenvalue weighted by molar-refractivity contribution is 5.78. The van der Waals surface area contributed by atoms with Crippen LogP contribution in [0.2, 0.25) is 0 Å². The van der Waals surface area contributed by atoms with Crippen molar-refractivity contribution in [1.82, 2.24) is 4.90 Å². The maximum Gasteiger partial charge on any atom is 0.345 e. The van der Waals surface area contributed by atoms with Crippen molar-refractivity contribution in [3.05, 3.63) is 80.9 Å². The zero-order valence-corrected chi connectivity index (χ0v) is 17.2. The summed E-state index contributed by atoms with van der Waals surface area (Å²) in [7, 11) is 1.92. The first-order valence-electron chi connectivity index (χ1n) is 9.76. The zero-order valence-electron chi connectivity index (χ0n) is 17.2. The highest BCUT2D eigenvalue weighted by Crippen LogP contribution is 2.24. The van der Waals surface area contributed by atoms with Crippen molar-refractivity contribution in [2.75, 3.05) is 25.0 Å². The Morgan fingerprint density at radius 3 is 2.57 bits per heavy atom. The van der Waals surface area contributed by atoms with Crippen LogP contribution < -0.4 is 21.2 Å². The molecular formula is C24H28N2O2. The molecule has 0 spiro atoms. The number of para-hydroxylation sites is 1. The molecule has 0 bridgehead atoms. The van der Waals surface area contributed by atoms with E-state index in [0.29, 0.717) is 16.7 Å². The lowest BCUT2D eigenvalue weighted by Crippen LogP contribution is -2.33. The molecule has 4 heteroatoms. The summed E-state index contributed by atoms with van der Waals surface area (Å²) in [6, 6.07) is 9.94. The van der Waals surface area contributed by atoms with Gasteiger partial charge in [-0.2, -0.15) is 0 Å². The highest BCUT2D eigenvalue weighted by Gasteiger charge is 2.15. The SMILES string of the molecule is C=C(c1cc2c(oc1=O)=CC(N(CC)CC)=CCC=2)N(C)c1ccccc1C. The van der Waals surface area contributed by atoms with Crippen LogP contribution in [0.5, 0.6) is 0 Å². The number of anilines is 1. The molecule has 146 valence electrons. The molecule has 3 rings (SSSR count). The number of allylic oxidation sites excluding steroid dienone is 2. The van der Waals surface area contributed by atoms with Gasteiger partial charge in [0.15, 0.2) is 0 Å². The minimum Gasteiger partial charge on any atom is -0.422 e. The summed E-state index contributed by atoms with van der Waals surface area (Å²) in [4.78, 5) is 17.0. The maximum absolute atomic E-state index is 12.8. The molecule has 0 saturated heterocycles. The highest BCUT2D eigenvalue weighted by atomic mass is 16.4. The smallest absolute Gasteiger partial charge is 0.345 e. The molecule has 1 aromatic carbocycles. The van der Waals surface area contributed by atoms with Crippen LogP contribution in [0, 0.1) is 6.92 Å². The Morgan fingerprint density at radius 1 is 1.18 bits per heavy atom. The molecule has 0 atom stereocenters. The second-order valence-corrected chi connectivity index (χ2v) is 6.94. The van der Waals surface area contributed by atoms with Gasteiger partial charge in [-0.15, -0.1) is 0 Å². The summed E-state index contributed by atoms with van der Waals surface area (Å²) < 4.78 is 5.72. The molecule has 0 unspecified atom stereocenters. The first-order valence-corrected chi connectivity index (χ1v) is 9.76. The Balaban J connectivity index is 2.04. The van der Waals surface area contributed by atoms with Crippen LogP contribution in [-0.2, 0) is 0 Å². The zero-order chi connectivity index (χ0) is 20.3. The fourth-order valence-corrected chi connectivity index (χ4v) is 3.55. The van der Waals surface area contributed by atoms with Gasteiger partial charge in [-0.3, -0.25) is 0 Å². The van der Waals surface area contributed by atoms with Gasteiger partial charge in [0.2, 0.25) is 0 Å². The lowest BCUT2D eigenvalue weighted by Gasteiger charge is -2.23. The van der Waals surface area contributed by atoms with Crippen LogP contribution in [0.15, 0.2) is 57.9 Å². The number of benzene rings is 1. The molecule has 0 saturated carbocycles. The van der Waals surface area contributed by atoms with Gasteiger partial charge < -0.3 is 14.2 Å². The summed E-state index contributed by atoms with van der Waals surface area (Å²) in [6.07, 6.45) is 7.02. The summed E-state index contributed by atoms with van der Waals surface area (Å²) in [5.74, 6) is 0. The van der Waals surface area contributed by atoms with Crippen LogP contribution in [-0.4, -0.2) is 25.0 Å². The van der Waals surface area contributed by atoms with E-state index < -0.39 is 0 Å². The molecule has 0 fully saturated rings. The molecule has 1 heterocycles. The third kappa shape index (κ3) is 3.81. The van der Waals surface area contributed by atoms with Crippen molar-refractivity contribution in [2.45, 2.75) is 27.2 Å². The van der Waals surface area contributed by atoms with Gasteiger partial charge in [0, 0.05) is 48.5 Å². The van der Waals surface area contributed by atoms with Crippen LogP contribution >= 0.6 is 0 Å². The van der Waals surface area contributed by atoms with E-state index in [1.165, 1.54) is 0 Å². The second-order valence-electron chi connectivity index (χ2n) is 6.94. The number of hydrogen-bond acceptors (Lipinski definition) is 4. The van der Waals surface area contributed by atoms with Gasteiger partial charge in [-0.05, 0) is 44.9 Å². The first-order chi connectivity index (χ1) is 13.5. The van der Waals surface area contributed by atoms with Gasteiger partial charge in [-0.25, -0.2) is 4.79 Å². The molecule has 1 aliphatic carbocycles. The Morgan fingerprint density at radius 2 is 1.89 bits per heavy atom. The van der Waals surface area contributed by atoms with E-state index in [4.69, 9.17) is 4.42 Å². The lowest BCUT2D eigenvalue weighted by atomic mass is 10.1. The molecule has 28 heavy (non-hydrogen) atoms. The molecular weight excluding hydrogens is 348 g/mol. The van der Waals surface area contributed by atoms with Crippen molar-refractivity contribution in [3.63, 3.8) is 0 Å². The molecule has 0 N–H and O–H groups in total. The molecule has 0 radical (unpaired) electrons. The Hall–Kier alpha value is -3.01. The van der Waals surface area contributed by atoms with Gasteiger partial charge >= 0.3 is 5.63 Å². The van der Waals surface area contributed by atoms with Crippen LogP contribution in [0.1, 0.15) is 31.4 Å². The van der Waals surface area contributed by atoms with E-state index in [2.05, 4.69) is 37.5 Å². The monoisotopic (exact) mass is 376 g/mol. The fraction of sp³-hybridized carbons (Fsp3) is 0.292.